The van der Waals surface area contributed by atoms with Gasteiger partial charge in [-0.15, -0.1) is 0 Å². The molecule has 0 radical (unpaired) electrons. The smallest absolute Gasteiger partial charge is 0.354 e. The van der Waals surface area contributed by atoms with Gasteiger partial charge in [-0.2, -0.15) is 18.3 Å². The summed E-state index contributed by atoms with van der Waals surface area (Å²) in [6.07, 6.45) is 3.60. The van der Waals surface area contributed by atoms with Crippen molar-refractivity contribution < 1.29 is 22.8 Å². The van der Waals surface area contributed by atoms with E-state index in [-0.39, 0.29) is 23.0 Å². The van der Waals surface area contributed by atoms with Gasteiger partial charge in [0.1, 0.15) is 6.33 Å². The first kappa shape index (κ1) is 23.1. The van der Waals surface area contributed by atoms with Crippen LogP contribution in [-0.4, -0.2) is 49.8 Å². The van der Waals surface area contributed by atoms with Gasteiger partial charge in [0.2, 0.25) is 0 Å². The number of alkyl halides is 3. The monoisotopic (exact) mass is 474 g/mol. The third-order valence-electron chi connectivity index (χ3n) is 5.12. The second kappa shape index (κ2) is 9.45. The number of hydrogen-bond donors (Lipinski definition) is 3. The number of amides is 2. The van der Waals surface area contributed by atoms with E-state index in [0.29, 0.717) is 11.4 Å². The lowest BCUT2D eigenvalue weighted by atomic mass is 10.1. The summed E-state index contributed by atoms with van der Waals surface area (Å²) in [4.78, 5) is 37.6. The number of hydrogen-bond acceptors (Lipinski definition) is 7. The quantitative estimate of drug-likeness (QED) is 0.457. The van der Waals surface area contributed by atoms with Crippen LogP contribution in [0.4, 0.5) is 30.2 Å². The number of nitrogens with one attached hydrogen (secondary N) is 3. The molecule has 34 heavy (non-hydrogen) atoms. The van der Waals surface area contributed by atoms with E-state index < -0.39 is 31.0 Å². The summed E-state index contributed by atoms with van der Waals surface area (Å²) >= 11 is 0. The van der Waals surface area contributed by atoms with Crippen molar-refractivity contribution in [3.05, 3.63) is 54.1 Å². The first-order valence-electron chi connectivity index (χ1n) is 10.4. The van der Waals surface area contributed by atoms with E-state index in [2.05, 4.69) is 36.0 Å². The topological polar surface area (TPSA) is 127 Å². The fourth-order valence-corrected chi connectivity index (χ4v) is 3.36. The van der Waals surface area contributed by atoms with Crippen LogP contribution in [0.15, 0.2) is 37.2 Å². The van der Waals surface area contributed by atoms with E-state index in [0.717, 1.165) is 23.1 Å². The van der Waals surface area contributed by atoms with Crippen molar-refractivity contribution in [2.75, 3.05) is 17.7 Å². The van der Waals surface area contributed by atoms with Gasteiger partial charge < -0.3 is 16.0 Å². The van der Waals surface area contributed by atoms with Gasteiger partial charge in [0.15, 0.2) is 11.4 Å². The third kappa shape index (κ3) is 5.47. The van der Waals surface area contributed by atoms with Crippen molar-refractivity contribution in [1.82, 2.24) is 30.0 Å². The van der Waals surface area contributed by atoms with E-state index in [4.69, 9.17) is 0 Å². The Balaban J connectivity index is 1.64. The van der Waals surface area contributed by atoms with Gasteiger partial charge >= 0.3 is 6.18 Å². The van der Waals surface area contributed by atoms with E-state index >= 15 is 0 Å². The molecule has 0 aromatic carbocycles. The molecule has 2 amide bonds. The van der Waals surface area contributed by atoms with Crippen LogP contribution in [0.3, 0.4) is 0 Å². The highest BCUT2D eigenvalue weighted by Crippen LogP contribution is 2.44. The molecule has 3 aromatic rings. The van der Waals surface area contributed by atoms with Gasteiger partial charge in [0.25, 0.3) is 11.8 Å². The normalized spacial score (nSPS) is 13.4. The second-order valence-electron chi connectivity index (χ2n) is 7.70. The Morgan fingerprint density at radius 1 is 1.15 bits per heavy atom. The summed E-state index contributed by atoms with van der Waals surface area (Å²) in [6.45, 7) is -0.500. The molecule has 1 aliphatic carbocycles. The van der Waals surface area contributed by atoms with Crippen molar-refractivity contribution in [2.45, 2.75) is 37.9 Å². The second-order valence-corrected chi connectivity index (χ2v) is 7.70. The van der Waals surface area contributed by atoms with E-state index in [1.54, 1.807) is 12.4 Å². The molecule has 0 saturated heterocycles. The van der Waals surface area contributed by atoms with Crippen LogP contribution in [0.1, 0.15) is 51.7 Å². The molecule has 4 rings (SSSR count). The molecule has 0 bridgehead atoms. The summed E-state index contributed by atoms with van der Waals surface area (Å²) in [5, 5.41) is 12.0. The van der Waals surface area contributed by atoms with Gasteiger partial charge in [-0.05, 0) is 30.4 Å². The van der Waals surface area contributed by atoms with E-state index in [1.165, 1.54) is 25.8 Å². The average molecular weight is 474 g/mol. The number of pyridine rings is 1. The molecule has 0 unspecified atom stereocenters. The highest BCUT2D eigenvalue weighted by Gasteiger charge is 2.30. The zero-order valence-electron chi connectivity index (χ0n) is 18.1. The first-order chi connectivity index (χ1) is 16.2. The molecule has 13 heteroatoms. The zero-order valence-corrected chi connectivity index (χ0v) is 18.1. The molecule has 10 nitrogen and oxygen atoms in total. The Kier molecular flexibility index (Phi) is 6.43. The lowest BCUT2D eigenvalue weighted by molar-refractivity contribution is -0.137. The number of nitrogens with zero attached hydrogens (tertiary/aromatic N) is 5. The van der Waals surface area contributed by atoms with Gasteiger partial charge in [0.05, 0.1) is 35.9 Å². The van der Waals surface area contributed by atoms with Gasteiger partial charge in [-0.25, -0.2) is 15.0 Å². The lowest BCUT2D eigenvalue weighted by Crippen LogP contribution is -2.22. The maximum Gasteiger partial charge on any atom is 0.390 e. The van der Waals surface area contributed by atoms with Crippen LogP contribution >= 0.6 is 0 Å². The Hall–Kier alpha value is -4.03. The van der Waals surface area contributed by atoms with Crippen LogP contribution < -0.4 is 16.0 Å². The number of aromatic nitrogens is 5. The highest BCUT2D eigenvalue weighted by atomic mass is 19.4. The molecule has 3 aromatic heterocycles. The van der Waals surface area contributed by atoms with Crippen molar-refractivity contribution in [2.24, 2.45) is 0 Å². The van der Waals surface area contributed by atoms with Crippen LogP contribution in [0, 0.1) is 0 Å². The van der Waals surface area contributed by atoms with Crippen LogP contribution in [0.5, 0.6) is 0 Å². The third-order valence-corrected chi connectivity index (χ3v) is 5.12. The van der Waals surface area contributed by atoms with Crippen LogP contribution in [0.25, 0.3) is 0 Å². The molecule has 3 heterocycles. The number of carbonyl (C=O) groups excluding carboxylic acids is 2. The van der Waals surface area contributed by atoms with E-state index in [1.807, 2.05) is 6.07 Å². The number of carbonyl (C=O) groups is 2. The zero-order chi connectivity index (χ0) is 24.3. The number of rotatable bonds is 8. The molecule has 0 aliphatic heterocycles. The Morgan fingerprint density at radius 2 is 1.88 bits per heavy atom. The van der Waals surface area contributed by atoms with Gasteiger partial charge in [-0.3, -0.25) is 14.3 Å². The summed E-state index contributed by atoms with van der Waals surface area (Å²) in [6, 6.07) is 1.83. The van der Waals surface area contributed by atoms with Crippen molar-refractivity contribution in [3.8, 4) is 0 Å². The van der Waals surface area contributed by atoms with Crippen molar-refractivity contribution in [3.63, 3.8) is 0 Å². The Morgan fingerprint density at radius 3 is 2.53 bits per heavy atom. The van der Waals surface area contributed by atoms with Gasteiger partial charge in [0, 0.05) is 26.0 Å². The van der Waals surface area contributed by atoms with E-state index in [9.17, 15) is 22.8 Å². The summed E-state index contributed by atoms with van der Waals surface area (Å²) in [5.74, 6) is -1.03. The minimum atomic E-state index is -4.39. The lowest BCUT2D eigenvalue weighted by Gasteiger charge is -2.15. The van der Waals surface area contributed by atoms with Gasteiger partial charge in [-0.1, -0.05) is 0 Å². The molecule has 1 fully saturated rings. The molecule has 3 N–H and O–H groups in total. The highest BCUT2D eigenvalue weighted by molar-refractivity contribution is 6.10. The van der Waals surface area contributed by atoms with Crippen LogP contribution in [-0.2, 0) is 6.54 Å². The Bertz CT molecular complexity index is 1190. The summed E-state index contributed by atoms with van der Waals surface area (Å²) in [5.41, 5.74) is 1.75. The summed E-state index contributed by atoms with van der Waals surface area (Å²) < 4.78 is 38.8. The molecule has 0 atom stereocenters. The SMILES string of the molecule is CNC(=O)c1nn(CCC(F)(F)F)cc1NC(=O)c1nccc(C2CC2)c1Nc1cncnc1. The molecule has 1 saturated carbocycles. The average Bonchev–Trinajstić information content (AvgIpc) is 3.58. The first-order valence-corrected chi connectivity index (χ1v) is 10.4. The minimum Gasteiger partial charge on any atom is -0.354 e. The molecule has 0 spiro atoms. The molecule has 178 valence electrons. The summed E-state index contributed by atoms with van der Waals surface area (Å²) in [7, 11) is 1.35. The Labute approximate surface area is 192 Å². The minimum absolute atomic E-state index is 0.0286. The molecule has 1 aliphatic rings. The van der Waals surface area contributed by atoms with Crippen molar-refractivity contribution in [1.29, 1.82) is 0 Å². The number of anilines is 3. The molecular weight excluding hydrogens is 453 g/mol. The fraction of sp³-hybridized carbons (Fsp3) is 0.333. The standard InChI is InChI=1S/C21H21F3N8O2/c1-25-19(33)17-15(10-32(31-17)7-5-21(22,23)24)30-20(34)18-16(29-13-8-26-11-27-9-13)14(4-6-28-18)12-2-3-12/h4,6,8-12,29H,2-3,5,7H2,1H3,(H,25,33)(H,30,34). The maximum atomic E-state index is 13.2. The predicted molar refractivity (Wildman–Crippen MR) is 116 cm³/mol. The largest absolute Gasteiger partial charge is 0.390 e. The maximum absolute atomic E-state index is 13.2. The number of aryl methyl sites for hydroxylation is 1. The van der Waals surface area contributed by atoms with Crippen molar-refractivity contribution >= 4 is 28.9 Å². The number of halogens is 3. The fourth-order valence-electron chi connectivity index (χ4n) is 3.36. The van der Waals surface area contributed by atoms with Crippen LogP contribution in [0.2, 0.25) is 0 Å². The molecular formula is C21H21F3N8O2. The predicted octanol–water partition coefficient (Wildman–Crippen LogP) is 3.25.